The lowest BCUT2D eigenvalue weighted by Gasteiger charge is -2.14. The van der Waals surface area contributed by atoms with Crippen LogP contribution in [0.1, 0.15) is 11.1 Å². The van der Waals surface area contributed by atoms with Crippen LogP contribution in [0.4, 0.5) is 13.2 Å². The van der Waals surface area contributed by atoms with E-state index in [0.29, 0.717) is 10.8 Å². The molecular formula is C14H10ClF3N2O. The zero-order valence-electron chi connectivity index (χ0n) is 10.5. The van der Waals surface area contributed by atoms with Crippen molar-refractivity contribution in [2.24, 2.45) is 5.73 Å². The molecule has 0 aromatic heterocycles. The monoisotopic (exact) mass is 314 g/mol. The van der Waals surface area contributed by atoms with Crippen LogP contribution in [0.25, 0.3) is 0 Å². The molecule has 110 valence electrons. The van der Waals surface area contributed by atoms with Crippen molar-refractivity contribution in [1.29, 1.82) is 5.41 Å². The van der Waals surface area contributed by atoms with Gasteiger partial charge in [0, 0.05) is 10.6 Å². The Bertz CT molecular complexity index is 686. The van der Waals surface area contributed by atoms with Crippen LogP contribution in [-0.4, -0.2) is 5.84 Å². The summed E-state index contributed by atoms with van der Waals surface area (Å²) in [5, 5.41) is 7.70. The molecule has 0 bridgehead atoms. The van der Waals surface area contributed by atoms with Crippen molar-refractivity contribution in [3.8, 4) is 11.5 Å². The number of benzene rings is 2. The second-order valence-electron chi connectivity index (χ2n) is 4.18. The fraction of sp³-hybridized carbons (Fsp3) is 0.0714. The Hall–Kier alpha value is -2.21. The summed E-state index contributed by atoms with van der Waals surface area (Å²) in [5.74, 6) is -0.175. The van der Waals surface area contributed by atoms with Crippen LogP contribution >= 0.6 is 11.6 Å². The van der Waals surface area contributed by atoms with Crippen LogP contribution in [-0.2, 0) is 6.18 Å². The largest absolute Gasteiger partial charge is 0.457 e. The quantitative estimate of drug-likeness (QED) is 0.650. The second-order valence-corrected chi connectivity index (χ2v) is 4.61. The van der Waals surface area contributed by atoms with Gasteiger partial charge >= 0.3 is 6.18 Å². The molecule has 0 amide bonds. The van der Waals surface area contributed by atoms with E-state index in [9.17, 15) is 13.2 Å². The second kappa shape index (κ2) is 5.65. The maximum atomic E-state index is 12.8. The van der Waals surface area contributed by atoms with E-state index in [1.165, 1.54) is 6.07 Å². The number of hydrogen-bond donors (Lipinski definition) is 2. The average Bonchev–Trinajstić information content (AvgIpc) is 2.37. The highest BCUT2D eigenvalue weighted by Gasteiger charge is 2.34. The third-order valence-corrected chi connectivity index (χ3v) is 2.85. The number of ether oxygens (including phenoxy) is 1. The third kappa shape index (κ3) is 3.66. The molecule has 2 aromatic carbocycles. The van der Waals surface area contributed by atoms with Crippen LogP contribution in [0, 0.1) is 5.41 Å². The normalized spacial score (nSPS) is 11.2. The molecule has 3 N–H and O–H groups in total. The zero-order chi connectivity index (χ0) is 15.6. The Morgan fingerprint density at radius 1 is 1.10 bits per heavy atom. The molecule has 0 fully saturated rings. The van der Waals surface area contributed by atoms with Gasteiger partial charge in [-0.05, 0) is 36.4 Å². The van der Waals surface area contributed by atoms with E-state index in [1.807, 2.05) is 0 Å². The minimum Gasteiger partial charge on any atom is -0.457 e. The van der Waals surface area contributed by atoms with Crippen LogP contribution < -0.4 is 10.5 Å². The maximum absolute atomic E-state index is 12.8. The van der Waals surface area contributed by atoms with Crippen LogP contribution in [0.5, 0.6) is 11.5 Å². The molecule has 0 radical (unpaired) electrons. The molecule has 0 atom stereocenters. The minimum absolute atomic E-state index is 0.135. The Kier molecular flexibility index (Phi) is 4.09. The summed E-state index contributed by atoms with van der Waals surface area (Å²) in [7, 11) is 0. The van der Waals surface area contributed by atoms with Gasteiger partial charge in [-0.2, -0.15) is 13.2 Å². The molecule has 0 aliphatic carbocycles. The number of nitrogens with two attached hydrogens (primary N) is 1. The summed E-state index contributed by atoms with van der Waals surface area (Å²) < 4.78 is 43.8. The lowest BCUT2D eigenvalue weighted by molar-refractivity contribution is -0.137. The molecule has 0 aliphatic heterocycles. The fourth-order valence-electron chi connectivity index (χ4n) is 1.72. The van der Waals surface area contributed by atoms with Crippen molar-refractivity contribution in [3.63, 3.8) is 0 Å². The van der Waals surface area contributed by atoms with Gasteiger partial charge in [0.15, 0.2) is 0 Å². The van der Waals surface area contributed by atoms with Gasteiger partial charge in [-0.3, -0.25) is 5.41 Å². The molecule has 0 spiro atoms. The van der Waals surface area contributed by atoms with Crippen molar-refractivity contribution in [2.75, 3.05) is 0 Å². The van der Waals surface area contributed by atoms with Gasteiger partial charge in [0.05, 0.1) is 5.56 Å². The molecule has 0 heterocycles. The Morgan fingerprint density at radius 2 is 1.76 bits per heavy atom. The predicted octanol–water partition coefficient (Wildman–Crippen LogP) is 4.44. The van der Waals surface area contributed by atoms with Crippen LogP contribution in [0.15, 0.2) is 42.5 Å². The predicted molar refractivity (Wildman–Crippen MR) is 74.0 cm³/mol. The lowest BCUT2D eigenvalue weighted by Crippen LogP contribution is -2.18. The van der Waals surface area contributed by atoms with Gasteiger partial charge < -0.3 is 10.5 Å². The number of halogens is 4. The number of nitrogens with one attached hydrogen (secondary N) is 1. The summed E-state index contributed by atoms with van der Waals surface area (Å²) in [6.45, 7) is 0. The highest BCUT2D eigenvalue weighted by Crippen LogP contribution is 2.34. The first kappa shape index (κ1) is 15.2. The van der Waals surface area contributed by atoms with Gasteiger partial charge in [-0.15, -0.1) is 0 Å². The molecule has 21 heavy (non-hydrogen) atoms. The van der Waals surface area contributed by atoms with E-state index in [2.05, 4.69) is 0 Å². The Labute approximate surface area is 123 Å². The molecule has 0 saturated heterocycles. The molecule has 0 aliphatic rings. The van der Waals surface area contributed by atoms with Gasteiger partial charge in [0.1, 0.15) is 17.3 Å². The molecule has 0 unspecified atom stereocenters. The van der Waals surface area contributed by atoms with E-state index in [1.54, 1.807) is 18.2 Å². The first-order chi connectivity index (χ1) is 9.77. The van der Waals surface area contributed by atoms with Crippen LogP contribution in [0.2, 0.25) is 5.02 Å². The van der Waals surface area contributed by atoms with Gasteiger partial charge in [0.2, 0.25) is 0 Å². The SMILES string of the molecule is N=C(N)c1cc(Oc2cccc(Cl)c2)ccc1C(F)(F)F. The van der Waals surface area contributed by atoms with Crippen molar-refractivity contribution in [1.82, 2.24) is 0 Å². The Morgan fingerprint density at radius 3 is 2.33 bits per heavy atom. The van der Waals surface area contributed by atoms with E-state index < -0.39 is 23.1 Å². The third-order valence-electron chi connectivity index (χ3n) is 2.62. The molecule has 0 saturated carbocycles. The first-order valence-electron chi connectivity index (χ1n) is 5.76. The molecule has 2 aromatic rings. The number of hydrogen-bond acceptors (Lipinski definition) is 2. The number of rotatable bonds is 3. The van der Waals surface area contributed by atoms with Gasteiger partial charge in [-0.1, -0.05) is 17.7 Å². The van der Waals surface area contributed by atoms with Crippen molar-refractivity contribution in [2.45, 2.75) is 6.18 Å². The zero-order valence-corrected chi connectivity index (χ0v) is 11.3. The minimum atomic E-state index is -4.59. The smallest absolute Gasteiger partial charge is 0.417 e. The summed E-state index contributed by atoms with van der Waals surface area (Å²) in [6, 6.07) is 9.48. The van der Waals surface area contributed by atoms with E-state index >= 15 is 0 Å². The Balaban J connectivity index is 2.39. The first-order valence-corrected chi connectivity index (χ1v) is 6.14. The van der Waals surface area contributed by atoms with E-state index in [0.717, 1.165) is 18.2 Å². The van der Waals surface area contributed by atoms with E-state index in [-0.39, 0.29) is 5.75 Å². The number of alkyl halides is 3. The number of nitrogen functional groups attached to an aromatic ring is 1. The van der Waals surface area contributed by atoms with Crippen LogP contribution in [0.3, 0.4) is 0 Å². The van der Waals surface area contributed by atoms with Crippen molar-refractivity contribution >= 4 is 17.4 Å². The van der Waals surface area contributed by atoms with Crippen molar-refractivity contribution in [3.05, 3.63) is 58.6 Å². The summed E-state index contributed by atoms with van der Waals surface area (Å²) in [4.78, 5) is 0. The maximum Gasteiger partial charge on any atom is 0.417 e. The number of amidine groups is 1. The highest BCUT2D eigenvalue weighted by molar-refractivity contribution is 6.30. The summed E-state index contributed by atoms with van der Waals surface area (Å²) in [6.07, 6.45) is -4.59. The molecule has 2 rings (SSSR count). The molecule has 3 nitrogen and oxygen atoms in total. The molecular weight excluding hydrogens is 305 g/mol. The highest BCUT2D eigenvalue weighted by atomic mass is 35.5. The fourth-order valence-corrected chi connectivity index (χ4v) is 1.90. The molecule has 7 heteroatoms. The van der Waals surface area contributed by atoms with E-state index in [4.69, 9.17) is 27.5 Å². The van der Waals surface area contributed by atoms with Crippen molar-refractivity contribution < 1.29 is 17.9 Å². The van der Waals surface area contributed by atoms with Gasteiger partial charge in [0.25, 0.3) is 0 Å². The standard InChI is InChI=1S/C14H10ClF3N2O/c15-8-2-1-3-9(6-8)21-10-4-5-12(14(16,17)18)11(7-10)13(19)20/h1-7H,(H3,19,20). The lowest BCUT2D eigenvalue weighted by atomic mass is 10.1. The van der Waals surface area contributed by atoms with Gasteiger partial charge in [-0.25, -0.2) is 0 Å². The summed E-state index contributed by atoms with van der Waals surface area (Å²) in [5.41, 5.74) is 3.80. The average molecular weight is 315 g/mol. The summed E-state index contributed by atoms with van der Waals surface area (Å²) >= 11 is 5.79. The topological polar surface area (TPSA) is 59.1 Å².